The molecule has 8 heteroatoms. The highest BCUT2D eigenvalue weighted by Crippen LogP contribution is 2.32. The summed E-state index contributed by atoms with van der Waals surface area (Å²) in [7, 11) is 0. The van der Waals surface area contributed by atoms with Gasteiger partial charge in [-0.1, -0.05) is 18.2 Å². The Hall–Kier alpha value is -3.52. The number of nitro groups is 1. The highest BCUT2D eigenvalue weighted by molar-refractivity contribution is 5.96. The van der Waals surface area contributed by atoms with Gasteiger partial charge in [-0.15, -0.1) is 0 Å². The number of hydrogen-bond donors (Lipinski definition) is 1. The summed E-state index contributed by atoms with van der Waals surface area (Å²) in [4.78, 5) is 34.5. The van der Waals surface area contributed by atoms with Crippen molar-refractivity contribution in [3.05, 3.63) is 81.4 Å². The third kappa shape index (κ3) is 4.24. The molecule has 0 amide bonds. The van der Waals surface area contributed by atoms with Crippen molar-refractivity contribution in [3.63, 3.8) is 0 Å². The lowest BCUT2D eigenvalue weighted by Crippen LogP contribution is -2.39. The van der Waals surface area contributed by atoms with Crippen LogP contribution in [0.3, 0.4) is 0 Å². The van der Waals surface area contributed by atoms with Crippen molar-refractivity contribution in [2.45, 2.75) is 12.0 Å². The molecule has 1 aliphatic heterocycles. The first-order valence-corrected chi connectivity index (χ1v) is 8.44. The van der Waals surface area contributed by atoms with Crippen molar-refractivity contribution in [3.8, 4) is 0 Å². The second-order valence-electron chi connectivity index (χ2n) is 6.37. The highest BCUT2D eigenvalue weighted by Gasteiger charge is 2.44. The van der Waals surface area contributed by atoms with E-state index in [0.717, 1.165) is 0 Å². The predicted molar refractivity (Wildman–Crippen MR) is 98.3 cm³/mol. The van der Waals surface area contributed by atoms with E-state index in [9.17, 15) is 24.8 Å². The summed E-state index contributed by atoms with van der Waals surface area (Å²) < 4.78 is 10.5. The molecule has 1 heterocycles. The molecule has 28 heavy (non-hydrogen) atoms. The van der Waals surface area contributed by atoms with Crippen LogP contribution in [0, 0.1) is 10.1 Å². The second-order valence-corrected chi connectivity index (χ2v) is 6.37. The van der Waals surface area contributed by atoms with Crippen molar-refractivity contribution in [1.29, 1.82) is 0 Å². The van der Waals surface area contributed by atoms with E-state index < -0.39 is 29.1 Å². The van der Waals surface area contributed by atoms with Gasteiger partial charge in [-0.05, 0) is 35.9 Å². The quantitative estimate of drug-likeness (QED) is 0.353. The predicted octanol–water partition coefficient (Wildman–Crippen LogP) is 2.51. The number of nitro benzene ring substituents is 1. The summed E-state index contributed by atoms with van der Waals surface area (Å²) in [5.41, 5.74) is -0.213. The lowest BCUT2D eigenvalue weighted by Gasteiger charge is -2.24. The zero-order valence-electron chi connectivity index (χ0n) is 14.7. The molecule has 1 fully saturated rings. The van der Waals surface area contributed by atoms with Gasteiger partial charge >= 0.3 is 11.9 Å². The molecule has 2 aromatic rings. The number of ether oxygens (including phenoxy) is 2. The van der Waals surface area contributed by atoms with Gasteiger partial charge < -0.3 is 14.6 Å². The third-order valence-electron chi connectivity index (χ3n) is 4.29. The molecule has 3 rings (SSSR count). The molecule has 0 aromatic heterocycles. The molecule has 0 aliphatic carbocycles. The van der Waals surface area contributed by atoms with E-state index in [4.69, 9.17) is 9.47 Å². The molecule has 0 bridgehead atoms. The SMILES string of the molecule is O=C1OC(CO)(COC(=O)c2ccccc2)C/C1=C\c1ccc([N+](=O)[O-])cc1. The topological polar surface area (TPSA) is 116 Å². The van der Waals surface area contributed by atoms with Crippen LogP contribution in [0.2, 0.25) is 0 Å². The Balaban J connectivity index is 1.71. The van der Waals surface area contributed by atoms with Gasteiger partial charge in [-0.25, -0.2) is 9.59 Å². The number of aliphatic hydroxyl groups excluding tert-OH is 1. The van der Waals surface area contributed by atoms with Crippen LogP contribution in [-0.4, -0.2) is 40.8 Å². The Kier molecular flexibility index (Phi) is 5.51. The van der Waals surface area contributed by atoms with Crippen LogP contribution in [0.15, 0.2) is 60.2 Å². The first-order chi connectivity index (χ1) is 13.4. The van der Waals surface area contributed by atoms with E-state index in [1.165, 1.54) is 30.3 Å². The minimum atomic E-state index is -1.35. The van der Waals surface area contributed by atoms with E-state index in [2.05, 4.69) is 0 Å². The molecule has 2 aromatic carbocycles. The standard InChI is InChI=1S/C20H17NO7/c22-12-20(13-27-18(23)15-4-2-1-3-5-15)11-16(19(24)28-20)10-14-6-8-17(9-7-14)21(25)26/h1-10,22H,11-13H2/b16-10+. The summed E-state index contributed by atoms with van der Waals surface area (Å²) in [6.45, 7) is -0.807. The number of rotatable bonds is 6. The Morgan fingerprint density at radius 3 is 2.50 bits per heavy atom. The third-order valence-corrected chi connectivity index (χ3v) is 4.29. The van der Waals surface area contributed by atoms with Gasteiger partial charge in [0.25, 0.3) is 5.69 Å². The van der Waals surface area contributed by atoms with E-state index in [-0.39, 0.29) is 24.3 Å². The van der Waals surface area contributed by atoms with Gasteiger partial charge in [-0.2, -0.15) is 0 Å². The molecule has 1 saturated heterocycles. The average molecular weight is 383 g/mol. The van der Waals surface area contributed by atoms with Crippen molar-refractivity contribution in [1.82, 2.24) is 0 Å². The zero-order valence-corrected chi connectivity index (χ0v) is 14.7. The van der Waals surface area contributed by atoms with Gasteiger partial charge in [0.15, 0.2) is 5.60 Å². The fraction of sp³-hybridized carbons (Fsp3) is 0.200. The zero-order chi connectivity index (χ0) is 20.1. The van der Waals surface area contributed by atoms with Crippen molar-refractivity contribution in [2.75, 3.05) is 13.2 Å². The number of carbonyl (C=O) groups is 2. The summed E-state index contributed by atoms with van der Waals surface area (Å²) in [5, 5.41) is 20.4. The maximum atomic E-state index is 12.2. The number of hydrogen-bond acceptors (Lipinski definition) is 7. The lowest BCUT2D eigenvalue weighted by molar-refractivity contribution is -0.384. The Morgan fingerprint density at radius 2 is 1.89 bits per heavy atom. The van der Waals surface area contributed by atoms with Gasteiger partial charge in [0, 0.05) is 24.1 Å². The number of benzene rings is 2. The minimum Gasteiger partial charge on any atom is -0.458 e. The van der Waals surface area contributed by atoms with Crippen molar-refractivity contribution < 1.29 is 29.1 Å². The van der Waals surface area contributed by atoms with Crippen LogP contribution in [0.4, 0.5) is 5.69 Å². The first-order valence-electron chi connectivity index (χ1n) is 8.44. The molecule has 144 valence electrons. The maximum absolute atomic E-state index is 12.2. The van der Waals surface area contributed by atoms with Crippen LogP contribution < -0.4 is 0 Å². The first kappa shape index (κ1) is 19.2. The Bertz CT molecular complexity index is 921. The molecule has 1 unspecified atom stereocenters. The molecule has 8 nitrogen and oxygen atoms in total. The van der Waals surface area contributed by atoms with E-state index in [1.54, 1.807) is 30.3 Å². The lowest BCUT2D eigenvalue weighted by atomic mass is 9.98. The summed E-state index contributed by atoms with van der Waals surface area (Å²) >= 11 is 0. The number of nitrogens with zero attached hydrogens (tertiary/aromatic N) is 1. The van der Waals surface area contributed by atoms with Gasteiger partial charge in [0.1, 0.15) is 6.61 Å². The number of aliphatic hydroxyl groups is 1. The Labute approximate surface area is 160 Å². The van der Waals surface area contributed by atoms with Crippen LogP contribution in [0.25, 0.3) is 6.08 Å². The average Bonchev–Trinajstić information content (AvgIpc) is 3.03. The molecule has 0 radical (unpaired) electrons. The fourth-order valence-corrected chi connectivity index (χ4v) is 2.79. The van der Waals surface area contributed by atoms with E-state index in [1.807, 2.05) is 0 Å². The van der Waals surface area contributed by atoms with Crippen molar-refractivity contribution >= 4 is 23.7 Å². The number of esters is 2. The van der Waals surface area contributed by atoms with Gasteiger partial charge in [0.2, 0.25) is 0 Å². The number of carbonyl (C=O) groups excluding carboxylic acids is 2. The number of non-ortho nitro benzene ring substituents is 1. The molecule has 0 spiro atoms. The summed E-state index contributed by atoms with van der Waals surface area (Å²) in [6.07, 6.45) is 1.57. The second kappa shape index (κ2) is 8.01. The van der Waals surface area contributed by atoms with E-state index >= 15 is 0 Å². The Morgan fingerprint density at radius 1 is 1.21 bits per heavy atom. The van der Waals surface area contributed by atoms with E-state index in [0.29, 0.717) is 11.1 Å². The van der Waals surface area contributed by atoms with Crippen molar-refractivity contribution in [2.24, 2.45) is 0 Å². The molecular formula is C20H17NO7. The van der Waals surface area contributed by atoms with Crippen LogP contribution in [0.5, 0.6) is 0 Å². The van der Waals surface area contributed by atoms with Gasteiger partial charge in [0.05, 0.1) is 17.1 Å². The fourth-order valence-electron chi connectivity index (χ4n) is 2.79. The monoisotopic (exact) mass is 383 g/mol. The minimum absolute atomic E-state index is 0.0430. The molecular weight excluding hydrogens is 366 g/mol. The molecule has 1 aliphatic rings. The summed E-state index contributed by atoms with van der Waals surface area (Å²) in [6, 6.07) is 14.0. The van der Waals surface area contributed by atoms with Crippen LogP contribution in [0.1, 0.15) is 22.3 Å². The highest BCUT2D eigenvalue weighted by atomic mass is 16.6. The maximum Gasteiger partial charge on any atom is 0.338 e. The number of cyclic esters (lactones) is 1. The molecule has 1 N–H and O–H groups in total. The van der Waals surface area contributed by atoms with Crippen LogP contribution >= 0.6 is 0 Å². The molecule has 1 atom stereocenters. The van der Waals surface area contributed by atoms with Gasteiger partial charge in [-0.3, -0.25) is 10.1 Å². The largest absolute Gasteiger partial charge is 0.458 e. The normalized spacial score (nSPS) is 20.0. The smallest absolute Gasteiger partial charge is 0.338 e. The van der Waals surface area contributed by atoms with Crippen LogP contribution in [-0.2, 0) is 14.3 Å². The molecule has 0 saturated carbocycles. The summed E-state index contributed by atoms with van der Waals surface area (Å²) in [5.74, 6) is -1.22.